The highest BCUT2D eigenvalue weighted by Gasteiger charge is 2.37. The fraction of sp³-hybridized carbons (Fsp3) is 0.312. The van der Waals surface area contributed by atoms with Crippen LogP contribution in [-0.2, 0) is 14.3 Å². The largest absolute Gasteiger partial charge is 0.444 e. The molecule has 2 unspecified atom stereocenters. The van der Waals surface area contributed by atoms with Gasteiger partial charge in [0.25, 0.3) is 5.91 Å². The van der Waals surface area contributed by atoms with Crippen LogP contribution in [0.15, 0.2) is 73.3 Å². The Hall–Kier alpha value is -4.64. The number of carbonyl (C=O) groups is 3. The molecule has 2 N–H and O–H groups in total. The number of alkyl carbamates (subject to hydrolysis) is 1. The number of hydrogen-bond acceptors (Lipinski definition) is 5. The number of fused-ring (bicyclic) bond motifs is 1. The standard InChI is InChI=1S/C32H36N4O4/c1-7-22-11-10-14-25(19-22)28(29(37)34-26-16-15-23-12-8-9-13-24(23)20-26)36(18-17-33)30(38)27(21(2)3)35-31(39)40-32(4,5)6/h7-16,19-21,27-28H,1,18H2,2-6H3,(H,34,37)(H,35,39). The maximum absolute atomic E-state index is 14.0. The van der Waals surface area contributed by atoms with Gasteiger partial charge < -0.3 is 20.3 Å². The van der Waals surface area contributed by atoms with Crippen LogP contribution in [0.2, 0.25) is 0 Å². The maximum atomic E-state index is 14.0. The Morgan fingerprint density at radius 1 is 1.02 bits per heavy atom. The topological polar surface area (TPSA) is 112 Å². The molecule has 0 heterocycles. The van der Waals surface area contributed by atoms with Crippen molar-refractivity contribution in [2.75, 3.05) is 11.9 Å². The van der Waals surface area contributed by atoms with E-state index in [4.69, 9.17) is 4.74 Å². The summed E-state index contributed by atoms with van der Waals surface area (Å²) in [6.45, 7) is 12.1. The molecule has 0 fully saturated rings. The summed E-state index contributed by atoms with van der Waals surface area (Å²) in [5, 5.41) is 17.2. The minimum Gasteiger partial charge on any atom is -0.444 e. The van der Waals surface area contributed by atoms with E-state index in [9.17, 15) is 19.6 Å². The van der Waals surface area contributed by atoms with Crippen molar-refractivity contribution in [2.45, 2.75) is 52.3 Å². The normalized spacial score (nSPS) is 12.6. The average molecular weight is 541 g/mol. The molecule has 0 saturated carbocycles. The number of amides is 3. The van der Waals surface area contributed by atoms with E-state index in [1.807, 2.05) is 48.5 Å². The third-order valence-corrected chi connectivity index (χ3v) is 6.17. The van der Waals surface area contributed by atoms with Crippen molar-refractivity contribution in [3.8, 4) is 6.07 Å². The molecule has 0 spiro atoms. The van der Waals surface area contributed by atoms with Gasteiger partial charge in [-0.1, -0.05) is 75.0 Å². The SMILES string of the molecule is C=Cc1cccc(C(C(=O)Nc2ccc3ccccc3c2)N(CC#N)C(=O)C(NC(=O)OC(C)(C)C)C(C)C)c1. The maximum Gasteiger partial charge on any atom is 0.408 e. The highest BCUT2D eigenvalue weighted by atomic mass is 16.6. The smallest absolute Gasteiger partial charge is 0.408 e. The number of carbonyl (C=O) groups excluding carboxylic acids is 3. The molecule has 3 aromatic rings. The lowest BCUT2D eigenvalue weighted by atomic mass is 9.97. The first-order chi connectivity index (χ1) is 18.9. The number of anilines is 1. The van der Waals surface area contributed by atoms with Gasteiger partial charge in [-0.3, -0.25) is 9.59 Å². The zero-order valence-corrected chi connectivity index (χ0v) is 23.6. The lowest BCUT2D eigenvalue weighted by Crippen LogP contribution is -2.54. The Morgan fingerprint density at radius 3 is 2.35 bits per heavy atom. The number of nitrogens with one attached hydrogen (secondary N) is 2. The summed E-state index contributed by atoms with van der Waals surface area (Å²) in [7, 11) is 0. The van der Waals surface area contributed by atoms with Crippen molar-refractivity contribution in [3.05, 3.63) is 84.4 Å². The number of ether oxygens (including phenoxy) is 1. The molecule has 2 atom stereocenters. The molecule has 8 nitrogen and oxygen atoms in total. The highest BCUT2D eigenvalue weighted by Crippen LogP contribution is 2.27. The molecule has 0 aliphatic rings. The van der Waals surface area contributed by atoms with Gasteiger partial charge in [-0.25, -0.2) is 4.79 Å². The van der Waals surface area contributed by atoms with Crippen LogP contribution in [0.1, 0.15) is 51.8 Å². The predicted molar refractivity (Wildman–Crippen MR) is 157 cm³/mol. The summed E-state index contributed by atoms with van der Waals surface area (Å²) < 4.78 is 5.37. The second-order valence-electron chi connectivity index (χ2n) is 10.8. The van der Waals surface area contributed by atoms with Gasteiger partial charge >= 0.3 is 6.09 Å². The second kappa shape index (κ2) is 12.9. The summed E-state index contributed by atoms with van der Waals surface area (Å²) in [6.07, 6.45) is 0.876. The van der Waals surface area contributed by atoms with Crippen LogP contribution in [0.3, 0.4) is 0 Å². The molecule has 3 rings (SSSR count). The van der Waals surface area contributed by atoms with Crippen molar-refractivity contribution < 1.29 is 19.1 Å². The molecular weight excluding hydrogens is 504 g/mol. The molecular formula is C32H36N4O4. The summed E-state index contributed by atoms with van der Waals surface area (Å²) in [5.41, 5.74) is 1.02. The second-order valence-corrected chi connectivity index (χ2v) is 10.8. The van der Waals surface area contributed by atoms with Crippen LogP contribution in [0.25, 0.3) is 16.8 Å². The van der Waals surface area contributed by atoms with Crippen LogP contribution in [0, 0.1) is 17.2 Å². The first-order valence-electron chi connectivity index (χ1n) is 13.1. The van der Waals surface area contributed by atoms with Gasteiger partial charge in [-0.2, -0.15) is 5.26 Å². The first-order valence-corrected chi connectivity index (χ1v) is 13.1. The van der Waals surface area contributed by atoms with Crippen LogP contribution >= 0.6 is 0 Å². The minimum absolute atomic E-state index is 0.357. The zero-order chi connectivity index (χ0) is 29.4. The van der Waals surface area contributed by atoms with E-state index < -0.39 is 35.6 Å². The lowest BCUT2D eigenvalue weighted by molar-refractivity contribution is -0.140. The first kappa shape index (κ1) is 29.9. The Labute approximate surface area is 235 Å². The fourth-order valence-electron chi connectivity index (χ4n) is 4.31. The minimum atomic E-state index is -1.17. The van der Waals surface area contributed by atoms with E-state index in [2.05, 4.69) is 17.2 Å². The highest BCUT2D eigenvalue weighted by molar-refractivity contribution is 6.00. The fourth-order valence-corrected chi connectivity index (χ4v) is 4.31. The number of nitrogens with zero attached hydrogens (tertiary/aromatic N) is 2. The van der Waals surface area contributed by atoms with Gasteiger partial charge in [0.05, 0.1) is 6.07 Å². The number of hydrogen-bond donors (Lipinski definition) is 2. The number of rotatable bonds is 9. The lowest BCUT2D eigenvalue weighted by Gasteiger charge is -2.34. The summed E-state index contributed by atoms with van der Waals surface area (Å²) in [4.78, 5) is 41.7. The van der Waals surface area contributed by atoms with Crippen molar-refractivity contribution >= 4 is 40.4 Å². The average Bonchev–Trinajstić information content (AvgIpc) is 2.90. The molecule has 0 bridgehead atoms. The molecule has 0 saturated heterocycles. The van der Waals surface area contributed by atoms with Gasteiger partial charge in [-0.15, -0.1) is 0 Å². The van der Waals surface area contributed by atoms with Crippen molar-refractivity contribution in [3.63, 3.8) is 0 Å². The van der Waals surface area contributed by atoms with Crippen molar-refractivity contribution in [1.82, 2.24) is 10.2 Å². The Kier molecular flexibility index (Phi) is 9.68. The van der Waals surface area contributed by atoms with Gasteiger partial charge in [0.2, 0.25) is 5.91 Å². The van der Waals surface area contributed by atoms with Gasteiger partial charge in [0.1, 0.15) is 24.2 Å². The van der Waals surface area contributed by atoms with Crippen molar-refractivity contribution in [1.29, 1.82) is 5.26 Å². The van der Waals surface area contributed by atoms with Gasteiger partial charge in [-0.05, 0) is 66.8 Å². The third-order valence-electron chi connectivity index (χ3n) is 6.17. The zero-order valence-electron chi connectivity index (χ0n) is 23.6. The summed E-state index contributed by atoms with van der Waals surface area (Å²) in [6, 6.07) is 20.2. The van der Waals surface area contributed by atoms with E-state index in [-0.39, 0.29) is 12.5 Å². The molecule has 0 radical (unpaired) electrons. The van der Waals surface area contributed by atoms with Gasteiger partial charge in [0, 0.05) is 5.69 Å². The molecule has 208 valence electrons. The van der Waals surface area contributed by atoms with E-state index >= 15 is 0 Å². The summed E-state index contributed by atoms with van der Waals surface area (Å²) in [5.74, 6) is -1.44. The number of benzene rings is 3. The Bertz CT molecular complexity index is 1430. The monoisotopic (exact) mass is 540 g/mol. The molecule has 0 aromatic heterocycles. The van der Waals surface area contributed by atoms with Crippen LogP contribution < -0.4 is 10.6 Å². The van der Waals surface area contributed by atoms with Crippen LogP contribution in [0.5, 0.6) is 0 Å². The van der Waals surface area contributed by atoms with Crippen LogP contribution in [-0.4, -0.2) is 41.0 Å². The molecule has 3 aromatic carbocycles. The van der Waals surface area contributed by atoms with E-state index in [0.29, 0.717) is 11.3 Å². The number of nitriles is 1. The predicted octanol–water partition coefficient (Wildman–Crippen LogP) is 6.06. The third kappa shape index (κ3) is 7.70. The molecule has 40 heavy (non-hydrogen) atoms. The Balaban J connectivity index is 2.03. The quantitative estimate of drug-likeness (QED) is 0.320. The molecule has 0 aliphatic carbocycles. The van der Waals surface area contributed by atoms with Gasteiger partial charge in [0.15, 0.2) is 0 Å². The van der Waals surface area contributed by atoms with E-state index in [1.54, 1.807) is 65.0 Å². The molecule has 0 aliphatic heterocycles. The molecule has 8 heteroatoms. The van der Waals surface area contributed by atoms with E-state index in [1.165, 1.54) is 4.90 Å². The Morgan fingerprint density at radius 2 is 1.73 bits per heavy atom. The molecule has 3 amide bonds. The summed E-state index contributed by atoms with van der Waals surface area (Å²) >= 11 is 0. The van der Waals surface area contributed by atoms with Crippen molar-refractivity contribution in [2.24, 2.45) is 5.92 Å². The van der Waals surface area contributed by atoms with Crippen LogP contribution in [0.4, 0.5) is 10.5 Å². The van der Waals surface area contributed by atoms with E-state index in [0.717, 1.165) is 16.3 Å².